The van der Waals surface area contributed by atoms with E-state index in [0.29, 0.717) is 12.6 Å². The van der Waals surface area contributed by atoms with Crippen molar-refractivity contribution >= 4 is 0 Å². The van der Waals surface area contributed by atoms with Crippen LogP contribution >= 0.6 is 0 Å². The third kappa shape index (κ3) is 4.28. The molecule has 0 spiro atoms. The molecule has 2 rings (SSSR count). The summed E-state index contributed by atoms with van der Waals surface area (Å²) in [6.07, 6.45) is 9.99. The molecule has 1 aromatic heterocycles. The largest absolute Gasteiger partial charge is 0.394 e. The highest BCUT2D eigenvalue weighted by Crippen LogP contribution is 2.27. The van der Waals surface area contributed by atoms with E-state index in [9.17, 15) is 0 Å². The van der Waals surface area contributed by atoms with E-state index in [1.54, 1.807) is 4.68 Å². The zero-order valence-electron chi connectivity index (χ0n) is 11.9. The van der Waals surface area contributed by atoms with Crippen molar-refractivity contribution in [2.24, 2.45) is 5.92 Å². The van der Waals surface area contributed by atoms with E-state index in [-0.39, 0.29) is 6.61 Å². The molecule has 0 radical (unpaired) electrons. The molecule has 2 N–H and O–H groups in total. The standard InChI is InChI=1S/C14H26N4O/c1-2-14(12-6-4-3-5-7-12)15-10-13-11-18(8-9-19)17-16-13/h11-12,14-15,19H,2-10H2,1H3. The van der Waals surface area contributed by atoms with E-state index in [1.807, 2.05) is 6.20 Å². The van der Waals surface area contributed by atoms with Gasteiger partial charge in [-0.3, -0.25) is 0 Å². The van der Waals surface area contributed by atoms with Crippen LogP contribution in [0.2, 0.25) is 0 Å². The first-order chi connectivity index (χ1) is 9.33. The lowest BCUT2D eigenvalue weighted by Gasteiger charge is -2.30. The van der Waals surface area contributed by atoms with Crippen molar-refractivity contribution in [1.29, 1.82) is 0 Å². The Labute approximate surface area is 115 Å². The number of aliphatic hydroxyl groups is 1. The summed E-state index contributed by atoms with van der Waals surface area (Å²) < 4.78 is 1.69. The molecule has 0 aromatic carbocycles. The van der Waals surface area contributed by atoms with Gasteiger partial charge in [-0.1, -0.05) is 31.4 Å². The summed E-state index contributed by atoms with van der Waals surface area (Å²) in [5, 5.41) is 20.6. The molecule has 0 saturated heterocycles. The van der Waals surface area contributed by atoms with Gasteiger partial charge in [0.2, 0.25) is 0 Å². The molecule has 1 fully saturated rings. The molecule has 108 valence electrons. The second-order valence-corrected chi connectivity index (χ2v) is 5.49. The molecule has 1 aromatic rings. The zero-order chi connectivity index (χ0) is 13.5. The fourth-order valence-corrected chi connectivity index (χ4v) is 3.05. The fraction of sp³-hybridized carbons (Fsp3) is 0.857. The second-order valence-electron chi connectivity index (χ2n) is 5.49. The van der Waals surface area contributed by atoms with E-state index in [0.717, 1.165) is 18.2 Å². The van der Waals surface area contributed by atoms with Crippen molar-refractivity contribution in [3.8, 4) is 0 Å². The quantitative estimate of drug-likeness (QED) is 0.789. The normalized spacial score (nSPS) is 18.6. The predicted molar refractivity (Wildman–Crippen MR) is 74.6 cm³/mol. The summed E-state index contributed by atoms with van der Waals surface area (Å²) >= 11 is 0. The predicted octanol–water partition coefficient (Wildman–Crippen LogP) is 1.72. The van der Waals surface area contributed by atoms with Gasteiger partial charge in [0, 0.05) is 18.8 Å². The lowest BCUT2D eigenvalue weighted by molar-refractivity contribution is 0.261. The molecule has 0 bridgehead atoms. The molecule has 1 heterocycles. The Bertz CT molecular complexity index is 360. The van der Waals surface area contributed by atoms with Gasteiger partial charge in [0.1, 0.15) is 0 Å². The zero-order valence-corrected chi connectivity index (χ0v) is 11.9. The molecule has 1 saturated carbocycles. The molecule has 0 amide bonds. The molecule has 5 heteroatoms. The number of rotatable bonds is 7. The second kappa shape index (κ2) is 7.60. The van der Waals surface area contributed by atoms with E-state index < -0.39 is 0 Å². The topological polar surface area (TPSA) is 63.0 Å². The number of aliphatic hydroxyl groups excluding tert-OH is 1. The van der Waals surface area contributed by atoms with Gasteiger partial charge >= 0.3 is 0 Å². The first-order valence-corrected chi connectivity index (χ1v) is 7.56. The lowest BCUT2D eigenvalue weighted by Crippen LogP contribution is -2.36. The minimum Gasteiger partial charge on any atom is -0.394 e. The summed E-state index contributed by atoms with van der Waals surface area (Å²) in [6.45, 7) is 3.66. The molecule has 5 nitrogen and oxygen atoms in total. The Balaban J connectivity index is 1.80. The number of aromatic nitrogens is 3. The van der Waals surface area contributed by atoms with Gasteiger partial charge in [0.05, 0.1) is 18.8 Å². The van der Waals surface area contributed by atoms with Gasteiger partial charge in [-0.2, -0.15) is 0 Å². The maximum absolute atomic E-state index is 8.85. The number of nitrogens with zero attached hydrogens (tertiary/aromatic N) is 3. The monoisotopic (exact) mass is 266 g/mol. The molecule has 0 aliphatic heterocycles. The molecule has 1 aliphatic carbocycles. The maximum atomic E-state index is 8.85. The van der Waals surface area contributed by atoms with Crippen molar-refractivity contribution in [2.45, 2.75) is 64.6 Å². The average molecular weight is 266 g/mol. The summed E-state index contributed by atoms with van der Waals surface area (Å²) in [5.74, 6) is 0.825. The van der Waals surface area contributed by atoms with Gasteiger partial charge in [-0.05, 0) is 25.2 Å². The first kappa shape index (κ1) is 14.5. The Morgan fingerprint density at radius 3 is 2.89 bits per heavy atom. The average Bonchev–Trinajstić information content (AvgIpc) is 2.89. The highest BCUT2D eigenvalue weighted by molar-refractivity contribution is 4.93. The van der Waals surface area contributed by atoms with Crippen LogP contribution in [0.3, 0.4) is 0 Å². The molecule has 19 heavy (non-hydrogen) atoms. The molecule has 1 unspecified atom stereocenters. The SMILES string of the molecule is CCC(NCc1cn(CCO)nn1)C1CCCCC1. The highest BCUT2D eigenvalue weighted by atomic mass is 16.3. The number of hydrogen-bond acceptors (Lipinski definition) is 4. The van der Waals surface area contributed by atoms with E-state index >= 15 is 0 Å². The van der Waals surface area contributed by atoms with Crippen LogP contribution in [0.15, 0.2) is 6.20 Å². The number of nitrogens with one attached hydrogen (secondary N) is 1. The van der Waals surface area contributed by atoms with Gasteiger partial charge in [0.15, 0.2) is 0 Å². The minimum absolute atomic E-state index is 0.107. The summed E-state index contributed by atoms with van der Waals surface area (Å²) in [7, 11) is 0. The van der Waals surface area contributed by atoms with Gasteiger partial charge in [0.25, 0.3) is 0 Å². The third-order valence-electron chi connectivity index (χ3n) is 4.12. The van der Waals surface area contributed by atoms with Crippen molar-refractivity contribution in [1.82, 2.24) is 20.3 Å². The molecular weight excluding hydrogens is 240 g/mol. The Kier molecular flexibility index (Phi) is 5.79. The lowest BCUT2D eigenvalue weighted by atomic mass is 9.83. The fourth-order valence-electron chi connectivity index (χ4n) is 3.05. The van der Waals surface area contributed by atoms with Crippen LogP contribution < -0.4 is 5.32 Å². The van der Waals surface area contributed by atoms with Crippen LogP contribution in [0, 0.1) is 5.92 Å². The van der Waals surface area contributed by atoms with Crippen molar-refractivity contribution in [3.05, 3.63) is 11.9 Å². The third-order valence-corrected chi connectivity index (χ3v) is 4.12. The Hall–Kier alpha value is -0.940. The molecular formula is C14H26N4O. The van der Waals surface area contributed by atoms with Crippen molar-refractivity contribution < 1.29 is 5.11 Å². The summed E-state index contributed by atoms with van der Waals surface area (Å²) in [4.78, 5) is 0. The van der Waals surface area contributed by atoms with Crippen molar-refractivity contribution in [3.63, 3.8) is 0 Å². The van der Waals surface area contributed by atoms with Crippen LogP contribution in [0.1, 0.15) is 51.1 Å². The summed E-state index contributed by atoms with van der Waals surface area (Å²) in [6, 6.07) is 0.600. The van der Waals surface area contributed by atoms with Crippen LogP contribution in [0.5, 0.6) is 0 Å². The molecule has 1 aliphatic rings. The first-order valence-electron chi connectivity index (χ1n) is 7.56. The molecule has 1 atom stereocenters. The Morgan fingerprint density at radius 2 is 2.21 bits per heavy atom. The minimum atomic E-state index is 0.107. The number of hydrogen-bond donors (Lipinski definition) is 2. The van der Waals surface area contributed by atoms with E-state index in [2.05, 4.69) is 22.6 Å². The van der Waals surface area contributed by atoms with Crippen LogP contribution in [-0.4, -0.2) is 32.7 Å². The van der Waals surface area contributed by atoms with E-state index in [4.69, 9.17) is 5.11 Å². The van der Waals surface area contributed by atoms with Crippen molar-refractivity contribution in [2.75, 3.05) is 6.61 Å². The van der Waals surface area contributed by atoms with E-state index in [1.165, 1.54) is 38.5 Å². The smallest absolute Gasteiger partial charge is 0.0964 e. The maximum Gasteiger partial charge on any atom is 0.0964 e. The van der Waals surface area contributed by atoms with Gasteiger partial charge in [-0.25, -0.2) is 4.68 Å². The van der Waals surface area contributed by atoms with Crippen LogP contribution in [0.4, 0.5) is 0 Å². The van der Waals surface area contributed by atoms with Crippen LogP contribution in [-0.2, 0) is 13.1 Å². The van der Waals surface area contributed by atoms with Crippen LogP contribution in [0.25, 0.3) is 0 Å². The summed E-state index contributed by atoms with van der Waals surface area (Å²) in [5.41, 5.74) is 0.961. The Morgan fingerprint density at radius 1 is 1.42 bits per heavy atom. The van der Waals surface area contributed by atoms with Gasteiger partial charge in [-0.15, -0.1) is 5.10 Å². The highest BCUT2D eigenvalue weighted by Gasteiger charge is 2.21. The van der Waals surface area contributed by atoms with Gasteiger partial charge < -0.3 is 10.4 Å².